The molecule has 2 N–H and O–H groups in total. The fraction of sp³-hybridized carbons (Fsp3) is 0.154. The van der Waals surface area contributed by atoms with E-state index in [9.17, 15) is 9.18 Å². The van der Waals surface area contributed by atoms with E-state index in [1.54, 1.807) is 30.5 Å². The van der Waals surface area contributed by atoms with Crippen LogP contribution in [0.15, 0.2) is 47.4 Å². The minimum Gasteiger partial charge on any atom is -0.326 e. The molecule has 2 aromatic rings. The predicted octanol–water partition coefficient (Wildman–Crippen LogP) is 1.49. The molecule has 17 heavy (non-hydrogen) atoms. The van der Waals surface area contributed by atoms with Crippen molar-refractivity contribution in [2.45, 2.75) is 13.1 Å². The first kappa shape index (κ1) is 11.5. The number of rotatable bonds is 3. The van der Waals surface area contributed by atoms with Gasteiger partial charge in [0.15, 0.2) is 0 Å². The molecular weight excluding hydrogens is 219 g/mol. The Bertz CT molecular complexity index is 578. The highest BCUT2D eigenvalue weighted by Crippen LogP contribution is 2.11. The van der Waals surface area contributed by atoms with E-state index >= 15 is 0 Å². The Labute approximate surface area is 98.3 Å². The van der Waals surface area contributed by atoms with Crippen LogP contribution in [0.25, 0.3) is 0 Å². The fourth-order valence-corrected chi connectivity index (χ4v) is 1.65. The number of nitrogens with two attached hydrogens (primary N) is 1. The first-order chi connectivity index (χ1) is 8.20. The van der Waals surface area contributed by atoms with Crippen molar-refractivity contribution >= 4 is 0 Å². The molecule has 1 aromatic heterocycles. The summed E-state index contributed by atoms with van der Waals surface area (Å²) < 4.78 is 15.0. The molecule has 4 heteroatoms. The second-order valence-corrected chi connectivity index (χ2v) is 3.80. The van der Waals surface area contributed by atoms with Crippen LogP contribution >= 0.6 is 0 Å². The number of halogens is 1. The summed E-state index contributed by atoms with van der Waals surface area (Å²) in [6.45, 7) is 0.580. The van der Waals surface area contributed by atoms with E-state index in [2.05, 4.69) is 0 Å². The van der Waals surface area contributed by atoms with Crippen LogP contribution in [0, 0.1) is 5.82 Å². The molecular formula is C13H13FN2O. The topological polar surface area (TPSA) is 48.0 Å². The van der Waals surface area contributed by atoms with E-state index in [0.29, 0.717) is 12.1 Å². The standard InChI is InChI=1S/C13H13FN2O/c14-12-5-4-10(8-15)7-11(12)9-16-6-2-1-3-13(16)17/h1-7H,8-9,15H2. The molecule has 0 radical (unpaired) electrons. The van der Waals surface area contributed by atoms with Crippen molar-refractivity contribution in [3.8, 4) is 0 Å². The van der Waals surface area contributed by atoms with Gasteiger partial charge in [-0.3, -0.25) is 4.79 Å². The quantitative estimate of drug-likeness (QED) is 0.871. The summed E-state index contributed by atoms with van der Waals surface area (Å²) in [6.07, 6.45) is 1.64. The molecule has 0 aliphatic rings. The minimum absolute atomic E-state index is 0.148. The number of hydrogen-bond donors (Lipinski definition) is 1. The molecule has 0 saturated carbocycles. The van der Waals surface area contributed by atoms with Crippen molar-refractivity contribution in [2.75, 3.05) is 0 Å². The Morgan fingerprint density at radius 2 is 2.06 bits per heavy atom. The summed E-state index contributed by atoms with van der Waals surface area (Å²) in [6, 6.07) is 9.56. The van der Waals surface area contributed by atoms with Crippen LogP contribution < -0.4 is 11.3 Å². The van der Waals surface area contributed by atoms with Gasteiger partial charge in [0.1, 0.15) is 5.82 Å². The lowest BCUT2D eigenvalue weighted by Gasteiger charge is -2.08. The lowest BCUT2D eigenvalue weighted by Crippen LogP contribution is -2.19. The molecule has 0 bridgehead atoms. The SMILES string of the molecule is NCc1ccc(F)c(Cn2ccccc2=O)c1. The monoisotopic (exact) mass is 232 g/mol. The normalized spacial score (nSPS) is 10.5. The summed E-state index contributed by atoms with van der Waals surface area (Å²) in [7, 11) is 0. The third kappa shape index (κ3) is 2.60. The summed E-state index contributed by atoms with van der Waals surface area (Å²) in [5.74, 6) is -0.321. The third-order valence-electron chi connectivity index (χ3n) is 2.59. The first-order valence-electron chi connectivity index (χ1n) is 5.33. The Hall–Kier alpha value is -1.94. The molecule has 0 fully saturated rings. The van der Waals surface area contributed by atoms with Crippen molar-refractivity contribution in [3.63, 3.8) is 0 Å². The number of hydrogen-bond acceptors (Lipinski definition) is 2. The zero-order chi connectivity index (χ0) is 12.3. The Morgan fingerprint density at radius 1 is 1.24 bits per heavy atom. The van der Waals surface area contributed by atoms with Gasteiger partial charge in [-0.15, -0.1) is 0 Å². The van der Waals surface area contributed by atoms with Crippen molar-refractivity contribution in [2.24, 2.45) is 5.73 Å². The second kappa shape index (κ2) is 4.93. The van der Waals surface area contributed by atoms with E-state index in [0.717, 1.165) is 5.56 Å². The number of benzene rings is 1. The van der Waals surface area contributed by atoms with E-state index in [-0.39, 0.29) is 17.9 Å². The molecule has 0 amide bonds. The molecule has 1 aromatic carbocycles. The van der Waals surface area contributed by atoms with Gasteiger partial charge < -0.3 is 10.3 Å². The molecule has 0 spiro atoms. The highest BCUT2D eigenvalue weighted by Gasteiger charge is 2.04. The molecule has 1 heterocycles. The third-order valence-corrected chi connectivity index (χ3v) is 2.59. The van der Waals surface area contributed by atoms with E-state index in [1.165, 1.54) is 16.7 Å². The Kier molecular flexibility index (Phi) is 3.35. The van der Waals surface area contributed by atoms with Crippen molar-refractivity contribution in [1.29, 1.82) is 0 Å². The van der Waals surface area contributed by atoms with Gasteiger partial charge >= 0.3 is 0 Å². The van der Waals surface area contributed by atoms with Gasteiger partial charge in [0.2, 0.25) is 0 Å². The Balaban J connectivity index is 2.36. The largest absolute Gasteiger partial charge is 0.326 e. The molecule has 2 rings (SSSR count). The van der Waals surface area contributed by atoms with Crippen LogP contribution in [0.4, 0.5) is 4.39 Å². The number of pyridine rings is 1. The van der Waals surface area contributed by atoms with E-state index in [1.807, 2.05) is 0 Å². The molecule has 0 aliphatic carbocycles. The molecule has 0 atom stereocenters. The van der Waals surface area contributed by atoms with Crippen LogP contribution in [-0.4, -0.2) is 4.57 Å². The fourth-order valence-electron chi connectivity index (χ4n) is 1.65. The summed E-state index contributed by atoms with van der Waals surface area (Å²) in [4.78, 5) is 11.5. The lowest BCUT2D eigenvalue weighted by molar-refractivity contribution is 0.595. The highest BCUT2D eigenvalue weighted by atomic mass is 19.1. The molecule has 3 nitrogen and oxygen atoms in total. The van der Waals surface area contributed by atoms with Crippen molar-refractivity contribution in [1.82, 2.24) is 4.57 Å². The number of aromatic nitrogens is 1. The maximum Gasteiger partial charge on any atom is 0.250 e. The van der Waals surface area contributed by atoms with Crippen molar-refractivity contribution in [3.05, 3.63) is 69.9 Å². The van der Waals surface area contributed by atoms with Crippen molar-refractivity contribution < 1.29 is 4.39 Å². The zero-order valence-electron chi connectivity index (χ0n) is 9.27. The molecule has 0 aliphatic heterocycles. The van der Waals surface area contributed by atoms with Crippen LogP contribution in [0.1, 0.15) is 11.1 Å². The van der Waals surface area contributed by atoms with E-state index < -0.39 is 0 Å². The molecule has 0 unspecified atom stereocenters. The predicted molar refractivity (Wildman–Crippen MR) is 64.1 cm³/mol. The van der Waals surface area contributed by atoms with Crippen LogP contribution in [-0.2, 0) is 13.1 Å². The van der Waals surface area contributed by atoms with Gasteiger partial charge in [-0.25, -0.2) is 4.39 Å². The first-order valence-corrected chi connectivity index (χ1v) is 5.33. The maximum atomic E-state index is 13.6. The Morgan fingerprint density at radius 3 is 2.76 bits per heavy atom. The lowest BCUT2D eigenvalue weighted by atomic mass is 10.1. The average molecular weight is 232 g/mol. The number of nitrogens with zero attached hydrogens (tertiary/aromatic N) is 1. The van der Waals surface area contributed by atoms with Gasteiger partial charge in [0, 0.05) is 24.4 Å². The van der Waals surface area contributed by atoms with Gasteiger partial charge in [0.05, 0.1) is 6.54 Å². The van der Waals surface area contributed by atoms with Crippen LogP contribution in [0.3, 0.4) is 0 Å². The second-order valence-electron chi connectivity index (χ2n) is 3.80. The van der Waals surface area contributed by atoms with Gasteiger partial charge in [0.25, 0.3) is 5.56 Å². The highest BCUT2D eigenvalue weighted by molar-refractivity contribution is 5.25. The molecule has 0 saturated heterocycles. The average Bonchev–Trinajstić information content (AvgIpc) is 2.35. The molecule has 88 valence electrons. The van der Waals surface area contributed by atoms with Gasteiger partial charge in [-0.05, 0) is 23.8 Å². The van der Waals surface area contributed by atoms with Crippen LogP contribution in [0.5, 0.6) is 0 Å². The van der Waals surface area contributed by atoms with Gasteiger partial charge in [-0.2, -0.15) is 0 Å². The van der Waals surface area contributed by atoms with E-state index in [4.69, 9.17) is 5.73 Å². The minimum atomic E-state index is -0.321. The van der Waals surface area contributed by atoms with Crippen LogP contribution in [0.2, 0.25) is 0 Å². The summed E-state index contributed by atoms with van der Waals surface area (Å²) in [5.41, 5.74) is 6.68. The smallest absolute Gasteiger partial charge is 0.250 e. The maximum absolute atomic E-state index is 13.6. The zero-order valence-corrected chi connectivity index (χ0v) is 9.27. The van der Waals surface area contributed by atoms with Gasteiger partial charge in [-0.1, -0.05) is 12.1 Å². The summed E-state index contributed by atoms with van der Waals surface area (Å²) in [5, 5.41) is 0. The summed E-state index contributed by atoms with van der Waals surface area (Å²) >= 11 is 0.